The van der Waals surface area contributed by atoms with Crippen molar-refractivity contribution < 1.29 is 4.79 Å². The summed E-state index contributed by atoms with van der Waals surface area (Å²) < 4.78 is 1.37. The highest BCUT2D eigenvalue weighted by atomic mass is 16.2. The molecule has 0 aliphatic carbocycles. The zero-order valence-corrected chi connectivity index (χ0v) is 18.8. The first-order chi connectivity index (χ1) is 14.8. The summed E-state index contributed by atoms with van der Waals surface area (Å²) in [4.78, 5) is 41.4. The summed E-state index contributed by atoms with van der Waals surface area (Å²) in [5.41, 5.74) is 6.57. The van der Waals surface area contributed by atoms with Crippen LogP contribution in [-0.2, 0) is 17.8 Å². The van der Waals surface area contributed by atoms with Gasteiger partial charge in [0.2, 0.25) is 5.91 Å². The molecule has 2 rings (SSSR count). The van der Waals surface area contributed by atoms with Crippen LogP contribution in [0.4, 0.5) is 11.5 Å². The number of anilines is 2. The number of amides is 1. The molecule has 8 heteroatoms. The minimum atomic E-state index is -0.560. The number of benzene rings is 1. The lowest BCUT2D eigenvalue weighted by molar-refractivity contribution is -0.119. The normalized spacial score (nSPS) is 11.0. The van der Waals surface area contributed by atoms with Crippen LogP contribution in [0.5, 0.6) is 0 Å². The van der Waals surface area contributed by atoms with Gasteiger partial charge in [-0.05, 0) is 30.7 Å². The van der Waals surface area contributed by atoms with Crippen molar-refractivity contribution in [2.75, 3.05) is 30.3 Å². The van der Waals surface area contributed by atoms with Crippen LogP contribution in [0.3, 0.4) is 0 Å². The third-order valence-corrected chi connectivity index (χ3v) is 5.00. The molecule has 0 fully saturated rings. The quantitative estimate of drug-likeness (QED) is 0.447. The first kappa shape index (κ1) is 24.2. The van der Waals surface area contributed by atoms with E-state index in [1.165, 1.54) is 10.1 Å². The Morgan fingerprint density at radius 1 is 1.19 bits per heavy atom. The van der Waals surface area contributed by atoms with Gasteiger partial charge in [0.25, 0.3) is 5.56 Å². The van der Waals surface area contributed by atoms with Gasteiger partial charge in [-0.15, -0.1) is 0 Å². The van der Waals surface area contributed by atoms with Crippen molar-refractivity contribution >= 4 is 17.4 Å². The molecule has 0 atom stereocenters. The van der Waals surface area contributed by atoms with Crippen molar-refractivity contribution in [3.05, 3.63) is 56.7 Å². The van der Waals surface area contributed by atoms with Crippen LogP contribution in [0.2, 0.25) is 0 Å². The predicted molar refractivity (Wildman–Crippen MR) is 125 cm³/mol. The molecule has 0 bridgehead atoms. The molecular formula is C23H35N5O3. The summed E-state index contributed by atoms with van der Waals surface area (Å²) in [6, 6.07) is 10.1. The lowest BCUT2D eigenvalue weighted by Gasteiger charge is -2.26. The first-order valence-corrected chi connectivity index (χ1v) is 11.0. The van der Waals surface area contributed by atoms with E-state index >= 15 is 0 Å². The van der Waals surface area contributed by atoms with Gasteiger partial charge in [-0.3, -0.25) is 19.1 Å². The van der Waals surface area contributed by atoms with Gasteiger partial charge < -0.3 is 16.0 Å². The lowest BCUT2D eigenvalue weighted by atomic mass is 10.1. The molecule has 4 N–H and O–H groups in total. The topological polar surface area (TPSA) is 113 Å². The summed E-state index contributed by atoms with van der Waals surface area (Å²) >= 11 is 0. The highest BCUT2D eigenvalue weighted by Crippen LogP contribution is 2.18. The lowest BCUT2D eigenvalue weighted by Crippen LogP contribution is -2.43. The van der Waals surface area contributed by atoms with E-state index in [-0.39, 0.29) is 29.9 Å². The van der Waals surface area contributed by atoms with Crippen molar-refractivity contribution in [3.8, 4) is 0 Å². The van der Waals surface area contributed by atoms with E-state index in [2.05, 4.69) is 22.4 Å². The van der Waals surface area contributed by atoms with Gasteiger partial charge in [-0.25, -0.2) is 4.79 Å². The summed E-state index contributed by atoms with van der Waals surface area (Å²) in [5.74, 6) is 0.107. The second-order valence-electron chi connectivity index (χ2n) is 8.21. The number of nitrogens with two attached hydrogens (primary N) is 1. The Balaban J connectivity index is 2.09. The number of carbonyl (C=O) groups is 1. The van der Waals surface area contributed by atoms with Crippen LogP contribution in [0, 0.1) is 5.92 Å². The fourth-order valence-electron chi connectivity index (χ4n) is 3.44. The number of carbonyl (C=O) groups excluding carboxylic acids is 1. The second kappa shape index (κ2) is 12.0. The fourth-order valence-corrected chi connectivity index (χ4v) is 3.44. The largest absolute Gasteiger partial charge is 0.383 e. The average Bonchev–Trinajstić information content (AvgIpc) is 2.72. The molecule has 0 unspecified atom stereocenters. The smallest absolute Gasteiger partial charge is 0.330 e. The summed E-state index contributed by atoms with van der Waals surface area (Å²) in [6.07, 6.45) is 3.41. The van der Waals surface area contributed by atoms with E-state index in [1.54, 1.807) is 4.90 Å². The number of hydrogen-bond donors (Lipinski definition) is 3. The molecule has 1 heterocycles. The number of aromatic nitrogens is 2. The van der Waals surface area contributed by atoms with Crippen molar-refractivity contribution in [1.29, 1.82) is 0 Å². The van der Waals surface area contributed by atoms with E-state index < -0.39 is 11.2 Å². The summed E-state index contributed by atoms with van der Waals surface area (Å²) in [7, 11) is 0. The minimum Gasteiger partial charge on any atom is -0.383 e. The Morgan fingerprint density at radius 3 is 2.55 bits per heavy atom. The van der Waals surface area contributed by atoms with Crippen LogP contribution in [-0.4, -0.2) is 35.1 Å². The molecule has 0 aliphatic heterocycles. The number of rotatable bonds is 12. The number of nitrogens with zero attached hydrogens (tertiary/aromatic N) is 2. The van der Waals surface area contributed by atoms with E-state index in [1.807, 2.05) is 39.0 Å². The Kier molecular flexibility index (Phi) is 9.37. The van der Waals surface area contributed by atoms with Crippen LogP contribution in [0.15, 0.2) is 39.9 Å². The molecule has 0 aliphatic rings. The van der Waals surface area contributed by atoms with Gasteiger partial charge >= 0.3 is 5.69 Å². The third-order valence-electron chi connectivity index (χ3n) is 5.00. The molecular weight excluding hydrogens is 394 g/mol. The maximum absolute atomic E-state index is 12.6. The fraction of sp³-hybridized carbons (Fsp3) is 0.522. The maximum Gasteiger partial charge on any atom is 0.330 e. The third kappa shape index (κ3) is 7.31. The van der Waals surface area contributed by atoms with Crippen molar-refractivity contribution in [3.63, 3.8) is 0 Å². The molecule has 0 radical (unpaired) electrons. The SMILES string of the molecule is CCCCN(CC(=O)NCCCc1ccccc1)c1c(N)n(CC(C)C)c(=O)[nH]c1=O. The molecule has 1 aromatic carbocycles. The Labute approximate surface area is 183 Å². The second-order valence-corrected chi connectivity index (χ2v) is 8.21. The van der Waals surface area contributed by atoms with Crippen molar-refractivity contribution in [2.45, 2.75) is 53.0 Å². The van der Waals surface area contributed by atoms with Gasteiger partial charge in [0, 0.05) is 19.6 Å². The number of unbranched alkanes of at least 4 members (excludes halogenated alkanes) is 1. The van der Waals surface area contributed by atoms with E-state index in [0.717, 1.165) is 25.7 Å². The number of hydrogen-bond acceptors (Lipinski definition) is 5. The van der Waals surface area contributed by atoms with E-state index in [0.29, 0.717) is 19.6 Å². The van der Waals surface area contributed by atoms with Crippen molar-refractivity contribution in [1.82, 2.24) is 14.9 Å². The van der Waals surface area contributed by atoms with Gasteiger partial charge in [-0.2, -0.15) is 0 Å². The minimum absolute atomic E-state index is 0.0124. The van der Waals surface area contributed by atoms with E-state index in [4.69, 9.17) is 5.73 Å². The van der Waals surface area contributed by atoms with Gasteiger partial charge in [0.15, 0.2) is 0 Å². The Hall–Kier alpha value is -3.03. The average molecular weight is 430 g/mol. The molecule has 0 saturated carbocycles. The van der Waals surface area contributed by atoms with Crippen molar-refractivity contribution in [2.24, 2.45) is 5.92 Å². The molecule has 0 spiro atoms. The molecule has 1 aromatic heterocycles. The van der Waals surface area contributed by atoms with E-state index in [9.17, 15) is 14.4 Å². The predicted octanol–water partition coefficient (Wildman–Crippen LogP) is 2.13. The van der Waals surface area contributed by atoms with Gasteiger partial charge in [-0.1, -0.05) is 57.5 Å². The number of nitrogen functional groups attached to an aromatic ring is 1. The highest BCUT2D eigenvalue weighted by molar-refractivity contribution is 5.82. The standard InChI is InChI=1S/C23H35N5O3/c1-4-5-14-27(16-19(29)25-13-9-12-18-10-7-6-8-11-18)20-21(24)28(15-17(2)3)23(31)26-22(20)30/h6-8,10-11,17H,4-5,9,12-16,24H2,1-3H3,(H,25,29)(H,26,30,31). The van der Waals surface area contributed by atoms with Gasteiger partial charge in [0.05, 0.1) is 6.54 Å². The number of nitrogens with one attached hydrogen (secondary N) is 2. The summed E-state index contributed by atoms with van der Waals surface area (Å²) in [5, 5.41) is 2.92. The zero-order chi connectivity index (χ0) is 22.8. The molecule has 0 saturated heterocycles. The maximum atomic E-state index is 12.6. The number of H-pyrrole nitrogens is 1. The summed E-state index contributed by atoms with van der Waals surface area (Å²) in [6.45, 7) is 7.42. The molecule has 1 amide bonds. The molecule has 31 heavy (non-hydrogen) atoms. The first-order valence-electron chi connectivity index (χ1n) is 11.0. The van der Waals surface area contributed by atoms with Gasteiger partial charge in [0.1, 0.15) is 11.5 Å². The number of aryl methyl sites for hydroxylation is 1. The zero-order valence-electron chi connectivity index (χ0n) is 18.8. The molecule has 170 valence electrons. The van der Waals surface area contributed by atoms with Crippen LogP contribution < -0.4 is 27.2 Å². The Bertz CT molecular complexity index is 950. The molecule has 2 aromatic rings. The van der Waals surface area contributed by atoms with Crippen LogP contribution >= 0.6 is 0 Å². The Morgan fingerprint density at radius 2 is 1.90 bits per heavy atom. The van der Waals surface area contributed by atoms with Crippen LogP contribution in [0.25, 0.3) is 0 Å². The number of aromatic amines is 1. The highest BCUT2D eigenvalue weighted by Gasteiger charge is 2.21. The van der Waals surface area contributed by atoms with Crippen LogP contribution in [0.1, 0.15) is 45.6 Å². The monoisotopic (exact) mass is 429 g/mol. The molecule has 8 nitrogen and oxygen atoms in total.